The number of hydrogen-bond donors (Lipinski definition) is 1. The van der Waals surface area contributed by atoms with Crippen LogP contribution in [0.2, 0.25) is 0 Å². The number of carboxylic acids is 1. The van der Waals surface area contributed by atoms with Crippen LogP contribution in [0, 0.1) is 10.8 Å². The molecule has 1 N–H and O–H groups in total. The van der Waals surface area contributed by atoms with E-state index in [-0.39, 0.29) is 28.9 Å². The standard InChI is InChI=1S/C30H39NO6/c1-7-11-37-23-10-9-18(12-24(23)36-8-2)26-27-19(13-29(3,4)15-21(27)32)31(17-25(34)35)20-14-30(5,6)16-22(33)28(20)26/h9-10,12,26H,7-8,11,13-17H2,1-6H3,(H,34,35). The molecule has 0 fully saturated rings. The number of rotatable bonds is 8. The van der Waals surface area contributed by atoms with Gasteiger partial charge in [0.1, 0.15) is 6.54 Å². The quantitative estimate of drug-likeness (QED) is 0.484. The highest BCUT2D eigenvalue weighted by atomic mass is 16.5. The molecule has 0 radical (unpaired) electrons. The summed E-state index contributed by atoms with van der Waals surface area (Å²) in [5.41, 5.74) is 2.76. The summed E-state index contributed by atoms with van der Waals surface area (Å²) in [6, 6.07) is 5.66. The summed E-state index contributed by atoms with van der Waals surface area (Å²) in [7, 11) is 0. The number of hydrogen-bond acceptors (Lipinski definition) is 6. The molecule has 0 bridgehead atoms. The van der Waals surface area contributed by atoms with Crippen molar-refractivity contribution in [1.29, 1.82) is 0 Å². The molecule has 2 aliphatic carbocycles. The van der Waals surface area contributed by atoms with Crippen molar-refractivity contribution in [3.63, 3.8) is 0 Å². The number of carboxylic acid groups (broad SMARTS) is 1. The molecule has 0 aromatic heterocycles. The Morgan fingerprint density at radius 1 is 0.919 bits per heavy atom. The van der Waals surface area contributed by atoms with Crippen molar-refractivity contribution in [2.24, 2.45) is 10.8 Å². The van der Waals surface area contributed by atoms with Crippen molar-refractivity contribution < 1.29 is 29.0 Å². The minimum atomic E-state index is -0.986. The molecule has 7 nitrogen and oxygen atoms in total. The summed E-state index contributed by atoms with van der Waals surface area (Å²) in [5.74, 6) is -0.383. The van der Waals surface area contributed by atoms with Gasteiger partial charge < -0.3 is 19.5 Å². The Bertz CT molecular complexity index is 1130. The van der Waals surface area contributed by atoms with Gasteiger partial charge in [0.15, 0.2) is 23.1 Å². The number of ketones is 2. The second-order valence-electron chi connectivity index (χ2n) is 12.0. The van der Waals surface area contributed by atoms with Crippen LogP contribution in [0.25, 0.3) is 0 Å². The number of benzene rings is 1. The van der Waals surface area contributed by atoms with Crippen LogP contribution in [0.4, 0.5) is 0 Å². The van der Waals surface area contributed by atoms with E-state index in [1.807, 2.05) is 59.7 Å². The SMILES string of the molecule is CCCOc1ccc(C2C3=C(CC(C)(C)CC3=O)N(CC(=O)O)C3=C2C(=O)CC(C)(C)C3)cc1OCC. The van der Waals surface area contributed by atoms with Crippen LogP contribution in [0.15, 0.2) is 40.7 Å². The monoisotopic (exact) mass is 509 g/mol. The van der Waals surface area contributed by atoms with Gasteiger partial charge in [0, 0.05) is 41.3 Å². The molecular formula is C30H39NO6. The molecule has 0 spiro atoms. The van der Waals surface area contributed by atoms with Crippen LogP contribution in [0.1, 0.15) is 85.1 Å². The van der Waals surface area contributed by atoms with Gasteiger partial charge in [-0.15, -0.1) is 0 Å². The lowest BCUT2D eigenvalue weighted by Gasteiger charge is -2.48. The fourth-order valence-electron chi connectivity index (χ4n) is 6.01. The highest BCUT2D eigenvalue weighted by molar-refractivity contribution is 6.07. The molecule has 0 atom stereocenters. The summed E-state index contributed by atoms with van der Waals surface area (Å²) in [4.78, 5) is 41.3. The largest absolute Gasteiger partial charge is 0.490 e. The Morgan fingerprint density at radius 3 is 1.97 bits per heavy atom. The van der Waals surface area contributed by atoms with Gasteiger partial charge in [-0.2, -0.15) is 0 Å². The fourth-order valence-corrected chi connectivity index (χ4v) is 6.01. The number of aliphatic carboxylic acids is 1. The smallest absolute Gasteiger partial charge is 0.323 e. The first-order chi connectivity index (χ1) is 17.4. The lowest BCUT2D eigenvalue weighted by atomic mass is 9.63. The Hall–Kier alpha value is -3.09. The van der Waals surface area contributed by atoms with Gasteiger partial charge in [-0.05, 0) is 54.7 Å². The average molecular weight is 510 g/mol. The van der Waals surface area contributed by atoms with Crippen molar-refractivity contribution in [3.8, 4) is 11.5 Å². The van der Waals surface area contributed by atoms with Gasteiger partial charge in [-0.25, -0.2) is 0 Å². The Morgan fingerprint density at radius 2 is 1.49 bits per heavy atom. The molecule has 1 aromatic rings. The van der Waals surface area contributed by atoms with E-state index in [1.54, 1.807) is 4.90 Å². The fraction of sp³-hybridized carbons (Fsp3) is 0.567. The maximum atomic E-state index is 13.8. The molecule has 0 unspecified atom stereocenters. The van der Waals surface area contributed by atoms with Gasteiger partial charge >= 0.3 is 5.97 Å². The molecular weight excluding hydrogens is 470 g/mol. The molecule has 200 valence electrons. The Labute approximate surface area is 219 Å². The first-order valence-corrected chi connectivity index (χ1v) is 13.3. The second kappa shape index (κ2) is 9.99. The molecule has 1 aromatic carbocycles. The first kappa shape index (κ1) is 27.0. The number of ether oxygens (including phenoxy) is 2. The van der Waals surface area contributed by atoms with Crippen molar-refractivity contribution in [1.82, 2.24) is 4.90 Å². The summed E-state index contributed by atoms with van der Waals surface area (Å²) in [6.07, 6.45) is 2.69. The Kier molecular flexibility index (Phi) is 7.28. The van der Waals surface area contributed by atoms with Crippen LogP contribution in [0.5, 0.6) is 11.5 Å². The third-order valence-corrected chi connectivity index (χ3v) is 7.38. The van der Waals surface area contributed by atoms with Crippen molar-refractivity contribution in [2.45, 2.75) is 79.6 Å². The normalized spacial score (nSPS) is 21.1. The van der Waals surface area contributed by atoms with E-state index >= 15 is 0 Å². The van der Waals surface area contributed by atoms with Gasteiger partial charge in [0.25, 0.3) is 0 Å². The van der Waals surface area contributed by atoms with Crippen molar-refractivity contribution in [2.75, 3.05) is 19.8 Å². The predicted octanol–water partition coefficient (Wildman–Crippen LogP) is 5.64. The molecule has 1 aliphatic heterocycles. The molecule has 0 saturated heterocycles. The number of carbonyl (C=O) groups is 3. The minimum absolute atomic E-state index is 0.0277. The lowest BCUT2D eigenvalue weighted by Crippen LogP contribution is -2.45. The summed E-state index contributed by atoms with van der Waals surface area (Å²) >= 11 is 0. The van der Waals surface area contributed by atoms with E-state index in [2.05, 4.69) is 0 Å². The van der Waals surface area contributed by atoms with Gasteiger partial charge in [0.2, 0.25) is 0 Å². The van der Waals surface area contributed by atoms with Crippen LogP contribution >= 0.6 is 0 Å². The zero-order valence-corrected chi connectivity index (χ0v) is 22.9. The molecule has 3 aliphatic rings. The molecule has 0 amide bonds. The molecule has 37 heavy (non-hydrogen) atoms. The second-order valence-corrected chi connectivity index (χ2v) is 12.0. The molecule has 7 heteroatoms. The maximum Gasteiger partial charge on any atom is 0.323 e. The highest BCUT2D eigenvalue weighted by Gasteiger charge is 2.49. The Balaban J connectivity index is 1.96. The van der Waals surface area contributed by atoms with Gasteiger partial charge in [0.05, 0.1) is 13.2 Å². The van der Waals surface area contributed by atoms with E-state index < -0.39 is 11.9 Å². The van der Waals surface area contributed by atoms with Gasteiger partial charge in [-0.3, -0.25) is 14.4 Å². The summed E-state index contributed by atoms with van der Waals surface area (Å²) in [5, 5.41) is 9.83. The highest BCUT2D eigenvalue weighted by Crippen LogP contribution is 2.54. The van der Waals surface area contributed by atoms with Crippen LogP contribution in [0.3, 0.4) is 0 Å². The van der Waals surface area contributed by atoms with Gasteiger partial charge in [-0.1, -0.05) is 40.7 Å². The number of nitrogens with zero attached hydrogens (tertiary/aromatic N) is 1. The number of Topliss-reactive ketones (excluding diaryl/α,β-unsaturated/α-hetero) is 2. The lowest BCUT2D eigenvalue weighted by molar-refractivity contribution is -0.138. The first-order valence-electron chi connectivity index (χ1n) is 13.3. The van der Waals surface area contributed by atoms with Crippen LogP contribution in [-0.4, -0.2) is 47.3 Å². The van der Waals surface area contributed by atoms with E-state index in [9.17, 15) is 19.5 Å². The van der Waals surface area contributed by atoms with E-state index in [0.717, 1.165) is 23.4 Å². The number of carbonyl (C=O) groups excluding carboxylic acids is 2. The maximum absolute atomic E-state index is 13.8. The average Bonchev–Trinajstić information content (AvgIpc) is 2.77. The third-order valence-electron chi connectivity index (χ3n) is 7.38. The topological polar surface area (TPSA) is 93.1 Å². The van der Waals surface area contributed by atoms with Crippen LogP contribution in [-0.2, 0) is 14.4 Å². The van der Waals surface area contributed by atoms with Crippen molar-refractivity contribution >= 4 is 17.5 Å². The zero-order valence-electron chi connectivity index (χ0n) is 22.9. The summed E-state index contributed by atoms with van der Waals surface area (Å²) < 4.78 is 11.8. The molecule has 0 saturated carbocycles. The predicted molar refractivity (Wildman–Crippen MR) is 141 cm³/mol. The molecule has 4 rings (SSSR count). The molecule has 1 heterocycles. The van der Waals surface area contributed by atoms with E-state index in [1.165, 1.54) is 0 Å². The van der Waals surface area contributed by atoms with Crippen LogP contribution < -0.4 is 9.47 Å². The zero-order chi connectivity index (χ0) is 27.1. The number of allylic oxidation sites excluding steroid dienone is 4. The van der Waals surface area contributed by atoms with Crippen molar-refractivity contribution in [3.05, 3.63) is 46.3 Å². The third kappa shape index (κ3) is 5.32. The van der Waals surface area contributed by atoms with E-state index in [4.69, 9.17) is 9.47 Å². The van der Waals surface area contributed by atoms with E-state index in [0.29, 0.717) is 61.5 Å². The minimum Gasteiger partial charge on any atom is -0.490 e. The summed E-state index contributed by atoms with van der Waals surface area (Å²) in [6.45, 7) is 12.8.